The Hall–Kier alpha value is -1.63. The molecule has 1 heterocycles. The largest absolute Gasteiger partial charge is 0.327 e. The highest BCUT2D eigenvalue weighted by Crippen LogP contribution is 2.34. The normalized spacial score (nSPS) is 17.2. The molecule has 24 heavy (non-hydrogen) atoms. The second-order valence-electron chi connectivity index (χ2n) is 5.23. The van der Waals surface area contributed by atoms with E-state index in [1.54, 1.807) is 0 Å². The van der Waals surface area contributed by atoms with Crippen molar-refractivity contribution in [2.75, 3.05) is 6.26 Å². The molecule has 6 heteroatoms. The van der Waals surface area contributed by atoms with Crippen LogP contribution in [-0.2, 0) is 0 Å². The first-order valence-electron chi connectivity index (χ1n) is 7.31. The number of carbonyl (C=O) groups excluding carboxylic acids is 1. The van der Waals surface area contributed by atoms with E-state index in [0.29, 0.717) is 0 Å². The first-order valence-corrected chi connectivity index (χ1v) is 9.73. The fraction of sp³-hybridized carbons (Fsp3) is 0.111. The van der Waals surface area contributed by atoms with Crippen LogP contribution in [0.25, 0.3) is 5.70 Å². The SMILES string of the molecule is CSC(=S)C1=C(c2ccccc2)NC(=O)NC1c1ccc(Br)cc1. The Bertz CT molecular complexity index is 804. The zero-order chi connectivity index (χ0) is 17.1. The lowest BCUT2D eigenvalue weighted by atomic mass is 9.94. The third kappa shape index (κ3) is 3.55. The second kappa shape index (κ2) is 7.51. The van der Waals surface area contributed by atoms with E-state index in [2.05, 4.69) is 26.6 Å². The van der Waals surface area contributed by atoms with Crippen molar-refractivity contribution >= 4 is 55.8 Å². The predicted octanol–water partition coefficient (Wildman–Crippen LogP) is 4.90. The van der Waals surface area contributed by atoms with Crippen molar-refractivity contribution in [1.29, 1.82) is 0 Å². The molecule has 1 unspecified atom stereocenters. The van der Waals surface area contributed by atoms with E-state index in [4.69, 9.17) is 12.2 Å². The first-order chi connectivity index (χ1) is 11.6. The quantitative estimate of drug-likeness (QED) is 0.695. The van der Waals surface area contributed by atoms with Crippen molar-refractivity contribution in [2.45, 2.75) is 6.04 Å². The summed E-state index contributed by atoms with van der Waals surface area (Å²) in [6.45, 7) is 0. The number of hydrogen-bond donors (Lipinski definition) is 2. The van der Waals surface area contributed by atoms with Crippen LogP contribution < -0.4 is 10.6 Å². The Balaban J connectivity index is 2.17. The van der Waals surface area contributed by atoms with Crippen LogP contribution in [-0.4, -0.2) is 16.5 Å². The lowest BCUT2D eigenvalue weighted by Crippen LogP contribution is -2.44. The van der Waals surface area contributed by atoms with E-state index in [1.165, 1.54) is 11.8 Å². The van der Waals surface area contributed by atoms with Gasteiger partial charge >= 0.3 is 6.03 Å². The minimum Gasteiger partial charge on any atom is -0.327 e. The predicted molar refractivity (Wildman–Crippen MR) is 108 cm³/mol. The lowest BCUT2D eigenvalue weighted by Gasteiger charge is -2.31. The number of thioether (sulfide) groups is 1. The van der Waals surface area contributed by atoms with Gasteiger partial charge < -0.3 is 10.6 Å². The number of thiocarbonyl (C=S) groups is 1. The molecule has 2 aromatic rings. The summed E-state index contributed by atoms with van der Waals surface area (Å²) in [5, 5.41) is 5.92. The maximum absolute atomic E-state index is 12.2. The van der Waals surface area contributed by atoms with Gasteiger partial charge in [-0.15, -0.1) is 11.8 Å². The number of carbonyl (C=O) groups is 1. The number of halogens is 1. The summed E-state index contributed by atoms with van der Waals surface area (Å²) in [6.07, 6.45) is 1.95. The highest BCUT2D eigenvalue weighted by atomic mass is 79.9. The minimum atomic E-state index is -0.276. The molecule has 1 atom stereocenters. The Kier molecular flexibility index (Phi) is 5.38. The van der Waals surface area contributed by atoms with Crippen LogP contribution in [0.1, 0.15) is 17.2 Å². The van der Waals surface area contributed by atoms with Crippen molar-refractivity contribution in [3.8, 4) is 0 Å². The van der Waals surface area contributed by atoms with E-state index >= 15 is 0 Å². The molecule has 0 bridgehead atoms. The molecule has 0 aliphatic carbocycles. The standard InChI is InChI=1S/C18H15BrN2OS2/c1-24-17(23)14-15(11-5-3-2-4-6-11)20-18(22)21-16(14)12-7-9-13(19)10-8-12/h2-10,16H,1H3,(H2,20,21,22). The van der Waals surface area contributed by atoms with Crippen molar-refractivity contribution in [1.82, 2.24) is 10.6 Å². The van der Waals surface area contributed by atoms with Crippen LogP contribution in [0.2, 0.25) is 0 Å². The van der Waals surface area contributed by atoms with E-state index in [9.17, 15) is 4.79 Å². The summed E-state index contributed by atoms with van der Waals surface area (Å²) in [5.41, 5.74) is 3.63. The van der Waals surface area contributed by atoms with Crippen molar-refractivity contribution < 1.29 is 4.79 Å². The van der Waals surface area contributed by atoms with Gasteiger partial charge in [-0.05, 0) is 29.5 Å². The number of amides is 2. The molecule has 0 radical (unpaired) electrons. The fourth-order valence-corrected chi connectivity index (χ4v) is 3.56. The third-order valence-electron chi connectivity index (χ3n) is 3.74. The smallest absolute Gasteiger partial charge is 0.320 e. The number of benzene rings is 2. The van der Waals surface area contributed by atoms with Gasteiger partial charge in [0.05, 0.1) is 15.9 Å². The van der Waals surface area contributed by atoms with Gasteiger partial charge in [0.15, 0.2) is 0 Å². The number of rotatable bonds is 3. The van der Waals surface area contributed by atoms with Gasteiger partial charge in [-0.3, -0.25) is 0 Å². The fourth-order valence-electron chi connectivity index (χ4n) is 2.63. The van der Waals surface area contributed by atoms with Gasteiger partial charge in [0.1, 0.15) is 0 Å². The monoisotopic (exact) mass is 418 g/mol. The van der Waals surface area contributed by atoms with Crippen molar-refractivity contribution in [3.63, 3.8) is 0 Å². The average molecular weight is 419 g/mol. The molecule has 0 spiro atoms. The highest BCUT2D eigenvalue weighted by molar-refractivity contribution is 9.10. The molecular formula is C18H15BrN2OS2. The molecular weight excluding hydrogens is 404 g/mol. The number of urea groups is 1. The van der Waals surface area contributed by atoms with Crippen LogP contribution in [0.3, 0.4) is 0 Å². The van der Waals surface area contributed by atoms with Crippen LogP contribution >= 0.6 is 39.9 Å². The Labute approximate surface area is 159 Å². The van der Waals surface area contributed by atoms with E-state index < -0.39 is 0 Å². The molecule has 122 valence electrons. The first kappa shape index (κ1) is 17.2. The van der Waals surface area contributed by atoms with Gasteiger partial charge in [-0.25, -0.2) is 4.79 Å². The Morgan fingerprint density at radius 1 is 1.12 bits per heavy atom. The third-order valence-corrected chi connectivity index (χ3v) is 5.58. The van der Waals surface area contributed by atoms with Gasteiger partial charge in [0.2, 0.25) is 0 Å². The Morgan fingerprint density at radius 3 is 2.42 bits per heavy atom. The maximum Gasteiger partial charge on any atom is 0.320 e. The molecule has 0 fully saturated rings. The molecule has 1 aliphatic rings. The molecule has 0 aromatic heterocycles. The zero-order valence-electron chi connectivity index (χ0n) is 12.9. The zero-order valence-corrected chi connectivity index (χ0v) is 16.1. The van der Waals surface area contributed by atoms with Gasteiger partial charge in [0.25, 0.3) is 0 Å². The summed E-state index contributed by atoms with van der Waals surface area (Å²) in [5.74, 6) is 0. The summed E-state index contributed by atoms with van der Waals surface area (Å²) < 4.78 is 1.75. The summed E-state index contributed by atoms with van der Waals surface area (Å²) in [4.78, 5) is 12.2. The van der Waals surface area contributed by atoms with Gasteiger partial charge in [-0.1, -0.05) is 70.6 Å². The van der Waals surface area contributed by atoms with Crippen LogP contribution in [0.15, 0.2) is 64.6 Å². The van der Waals surface area contributed by atoms with Gasteiger partial charge in [-0.2, -0.15) is 0 Å². The summed E-state index contributed by atoms with van der Waals surface area (Å²) >= 11 is 10.5. The Morgan fingerprint density at radius 2 is 1.79 bits per heavy atom. The molecule has 1 aliphatic heterocycles. The molecule has 2 aromatic carbocycles. The second-order valence-corrected chi connectivity index (χ2v) is 7.63. The molecule has 2 N–H and O–H groups in total. The minimum absolute atomic E-state index is 0.227. The molecule has 3 rings (SSSR count). The van der Waals surface area contributed by atoms with Crippen molar-refractivity contribution in [2.24, 2.45) is 0 Å². The number of nitrogens with one attached hydrogen (secondary N) is 2. The van der Waals surface area contributed by atoms with E-state index in [0.717, 1.165) is 31.1 Å². The van der Waals surface area contributed by atoms with Crippen molar-refractivity contribution in [3.05, 3.63) is 75.8 Å². The maximum atomic E-state index is 12.2. The molecule has 3 nitrogen and oxygen atoms in total. The van der Waals surface area contributed by atoms with E-state index in [-0.39, 0.29) is 12.1 Å². The summed E-state index contributed by atoms with van der Waals surface area (Å²) in [6, 6.07) is 17.2. The lowest BCUT2D eigenvalue weighted by molar-refractivity contribution is 0.241. The summed E-state index contributed by atoms with van der Waals surface area (Å²) in [7, 11) is 0. The topological polar surface area (TPSA) is 41.1 Å². The average Bonchev–Trinajstić information content (AvgIpc) is 2.61. The number of hydrogen-bond acceptors (Lipinski definition) is 3. The van der Waals surface area contributed by atoms with Crippen LogP contribution in [0.5, 0.6) is 0 Å². The molecule has 0 saturated heterocycles. The van der Waals surface area contributed by atoms with E-state index in [1.807, 2.05) is 60.9 Å². The van der Waals surface area contributed by atoms with Crippen LogP contribution in [0.4, 0.5) is 4.79 Å². The molecule has 2 amide bonds. The highest BCUT2D eigenvalue weighted by Gasteiger charge is 2.31. The van der Waals surface area contributed by atoms with Gasteiger partial charge in [0, 0.05) is 10.0 Å². The van der Waals surface area contributed by atoms with Crippen LogP contribution in [0, 0.1) is 0 Å². The molecule has 0 saturated carbocycles.